The van der Waals surface area contributed by atoms with Gasteiger partial charge in [0.15, 0.2) is 0 Å². The monoisotopic (exact) mass is 162 g/mol. The molecule has 0 atom stereocenters. The second-order valence-corrected chi connectivity index (χ2v) is 2.34. The molecule has 0 fully saturated rings. The van der Waals surface area contributed by atoms with Gasteiger partial charge in [-0.25, -0.2) is 4.39 Å². The van der Waals surface area contributed by atoms with Crippen LogP contribution in [-0.4, -0.2) is 25.7 Å². The molecule has 3 heteroatoms. The predicted octanol–water partition coefficient (Wildman–Crippen LogP) is 1.73. The zero-order valence-corrected chi connectivity index (χ0v) is 6.94. The lowest BCUT2D eigenvalue weighted by molar-refractivity contribution is -0.120. The number of ketones is 1. The summed E-state index contributed by atoms with van der Waals surface area (Å²) in [6.45, 7) is 1.96. The van der Waals surface area contributed by atoms with Gasteiger partial charge in [-0.15, -0.1) is 0 Å². The molecule has 2 nitrogen and oxygen atoms in total. The Bertz CT molecular complexity index is 104. The Morgan fingerprint density at radius 3 is 2.64 bits per heavy atom. The highest BCUT2D eigenvalue weighted by Gasteiger charge is 1.98. The zero-order chi connectivity index (χ0) is 8.53. The van der Waals surface area contributed by atoms with E-state index >= 15 is 0 Å². The minimum atomic E-state index is -0.470. The molecule has 0 aliphatic rings. The molecular formula is C8H15FO2. The standard InChI is InChI=1S/C8H15FO2/c1-2-3-8(10)4-6-11-7-5-9/h2-7H2,1H3. The third-order valence-corrected chi connectivity index (χ3v) is 1.28. The smallest absolute Gasteiger partial charge is 0.135 e. The molecule has 66 valence electrons. The van der Waals surface area contributed by atoms with E-state index in [1.165, 1.54) is 0 Å². The maximum atomic E-state index is 11.5. The van der Waals surface area contributed by atoms with Crippen molar-refractivity contribution in [2.75, 3.05) is 19.9 Å². The number of rotatable bonds is 7. The molecule has 0 heterocycles. The highest BCUT2D eigenvalue weighted by Crippen LogP contribution is 1.94. The highest BCUT2D eigenvalue weighted by atomic mass is 19.1. The number of hydrogen-bond donors (Lipinski definition) is 0. The number of carbonyl (C=O) groups is 1. The number of carbonyl (C=O) groups excluding carboxylic acids is 1. The molecule has 11 heavy (non-hydrogen) atoms. The highest BCUT2D eigenvalue weighted by molar-refractivity contribution is 5.78. The van der Waals surface area contributed by atoms with Gasteiger partial charge < -0.3 is 4.74 Å². The van der Waals surface area contributed by atoms with Crippen LogP contribution in [0.15, 0.2) is 0 Å². The topological polar surface area (TPSA) is 26.3 Å². The van der Waals surface area contributed by atoms with Gasteiger partial charge in [0.2, 0.25) is 0 Å². The molecule has 0 aromatic rings. The maximum absolute atomic E-state index is 11.5. The minimum absolute atomic E-state index is 0.111. The van der Waals surface area contributed by atoms with Crippen molar-refractivity contribution in [1.29, 1.82) is 0 Å². The van der Waals surface area contributed by atoms with Crippen molar-refractivity contribution in [2.45, 2.75) is 26.2 Å². The van der Waals surface area contributed by atoms with Crippen molar-refractivity contribution in [2.24, 2.45) is 0 Å². The van der Waals surface area contributed by atoms with Crippen molar-refractivity contribution in [3.8, 4) is 0 Å². The number of alkyl halides is 1. The van der Waals surface area contributed by atoms with Crippen LogP contribution >= 0.6 is 0 Å². The van der Waals surface area contributed by atoms with Crippen LogP contribution in [0.3, 0.4) is 0 Å². The summed E-state index contributed by atoms with van der Waals surface area (Å²) in [4.78, 5) is 10.8. The van der Waals surface area contributed by atoms with Crippen LogP contribution in [0.1, 0.15) is 26.2 Å². The lowest BCUT2D eigenvalue weighted by Crippen LogP contribution is -2.05. The Morgan fingerprint density at radius 2 is 2.09 bits per heavy atom. The number of halogens is 1. The molecule has 0 aliphatic heterocycles. The normalized spacial score (nSPS) is 10.0. The number of Topliss-reactive ketones (excluding diaryl/α,β-unsaturated/α-hetero) is 1. The van der Waals surface area contributed by atoms with Crippen LogP contribution in [-0.2, 0) is 9.53 Å². The Hall–Kier alpha value is -0.440. The quantitative estimate of drug-likeness (QED) is 0.533. The Kier molecular flexibility index (Phi) is 7.36. The molecule has 0 aromatic heterocycles. The van der Waals surface area contributed by atoms with E-state index in [0.717, 1.165) is 6.42 Å². The summed E-state index contributed by atoms with van der Waals surface area (Å²) in [5.74, 6) is 0.200. The second kappa shape index (κ2) is 7.66. The molecule has 0 aromatic carbocycles. The number of ether oxygens (including phenoxy) is 1. The maximum Gasteiger partial charge on any atom is 0.135 e. The minimum Gasteiger partial charge on any atom is -0.378 e. The summed E-state index contributed by atoms with van der Waals surface area (Å²) < 4.78 is 16.3. The van der Waals surface area contributed by atoms with E-state index < -0.39 is 6.67 Å². The molecule has 0 unspecified atom stereocenters. The Labute approximate surface area is 66.7 Å². The van der Waals surface area contributed by atoms with Crippen LogP contribution < -0.4 is 0 Å². The summed E-state index contributed by atoms with van der Waals surface area (Å²) in [6.07, 6.45) is 1.91. The van der Waals surface area contributed by atoms with E-state index in [1.807, 2.05) is 6.92 Å². The summed E-state index contributed by atoms with van der Waals surface area (Å²) >= 11 is 0. The fraction of sp³-hybridized carbons (Fsp3) is 0.875. The van der Waals surface area contributed by atoms with Gasteiger partial charge in [-0.2, -0.15) is 0 Å². The largest absolute Gasteiger partial charge is 0.378 e. The van der Waals surface area contributed by atoms with E-state index in [-0.39, 0.29) is 12.4 Å². The van der Waals surface area contributed by atoms with Gasteiger partial charge in [0, 0.05) is 12.8 Å². The van der Waals surface area contributed by atoms with Crippen LogP contribution in [0, 0.1) is 0 Å². The van der Waals surface area contributed by atoms with E-state index in [1.54, 1.807) is 0 Å². The molecule has 0 saturated carbocycles. The molecule has 0 N–H and O–H groups in total. The summed E-state index contributed by atoms with van der Waals surface area (Å²) in [5, 5.41) is 0. The van der Waals surface area contributed by atoms with E-state index in [9.17, 15) is 9.18 Å². The summed E-state index contributed by atoms with van der Waals surface area (Å²) in [5.41, 5.74) is 0. The number of hydrogen-bond acceptors (Lipinski definition) is 2. The molecule has 0 aliphatic carbocycles. The molecule has 0 amide bonds. The van der Waals surface area contributed by atoms with E-state index in [4.69, 9.17) is 4.74 Å². The van der Waals surface area contributed by atoms with Gasteiger partial charge in [-0.1, -0.05) is 6.92 Å². The van der Waals surface area contributed by atoms with Gasteiger partial charge in [-0.3, -0.25) is 4.79 Å². The van der Waals surface area contributed by atoms with Crippen molar-refractivity contribution >= 4 is 5.78 Å². The van der Waals surface area contributed by atoms with Gasteiger partial charge in [0.05, 0.1) is 13.2 Å². The SMILES string of the molecule is CCCC(=O)CCOCCF. The fourth-order valence-electron chi connectivity index (χ4n) is 0.746. The van der Waals surface area contributed by atoms with Gasteiger partial charge in [-0.05, 0) is 6.42 Å². The summed E-state index contributed by atoms with van der Waals surface area (Å²) in [7, 11) is 0. The first-order valence-electron chi connectivity index (χ1n) is 3.96. The van der Waals surface area contributed by atoms with Crippen molar-refractivity contribution in [3.05, 3.63) is 0 Å². The third kappa shape index (κ3) is 7.46. The van der Waals surface area contributed by atoms with Crippen molar-refractivity contribution < 1.29 is 13.9 Å². The first kappa shape index (κ1) is 10.6. The lowest BCUT2D eigenvalue weighted by atomic mass is 10.2. The van der Waals surface area contributed by atoms with Crippen LogP contribution in [0.2, 0.25) is 0 Å². The molecule has 0 radical (unpaired) electrons. The third-order valence-electron chi connectivity index (χ3n) is 1.28. The average molecular weight is 162 g/mol. The fourth-order valence-corrected chi connectivity index (χ4v) is 0.746. The van der Waals surface area contributed by atoms with Gasteiger partial charge in [0.1, 0.15) is 12.5 Å². The molecule has 0 saturated heterocycles. The van der Waals surface area contributed by atoms with Crippen molar-refractivity contribution in [1.82, 2.24) is 0 Å². The molecular weight excluding hydrogens is 147 g/mol. The molecule has 0 spiro atoms. The van der Waals surface area contributed by atoms with Crippen LogP contribution in [0.25, 0.3) is 0 Å². The molecule has 0 rings (SSSR count). The predicted molar refractivity (Wildman–Crippen MR) is 41.3 cm³/mol. The van der Waals surface area contributed by atoms with E-state index in [0.29, 0.717) is 19.4 Å². The Morgan fingerprint density at radius 1 is 1.36 bits per heavy atom. The van der Waals surface area contributed by atoms with Crippen LogP contribution in [0.4, 0.5) is 4.39 Å². The van der Waals surface area contributed by atoms with Gasteiger partial charge >= 0.3 is 0 Å². The first-order chi connectivity index (χ1) is 5.31. The second-order valence-electron chi connectivity index (χ2n) is 2.34. The Balaban J connectivity index is 3.04. The zero-order valence-electron chi connectivity index (χ0n) is 6.94. The average Bonchev–Trinajstić information content (AvgIpc) is 1.99. The van der Waals surface area contributed by atoms with Crippen LogP contribution in [0.5, 0.6) is 0 Å². The lowest BCUT2D eigenvalue weighted by Gasteiger charge is -1.99. The summed E-state index contributed by atoms with van der Waals surface area (Å²) in [6, 6.07) is 0. The van der Waals surface area contributed by atoms with E-state index in [2.05, 4.69) is 0 Å². The molecule has 0 bridgehead atoms. The van der Waals surface area contributed by atoms with Gasteiger partial charge in [0.25, 0.3) is 0 Å². The van der Waals surface area contributed by atoms with Crippen molar-refractivity contribution in [3.63, 3.8) is 0 Å². The first-order valence-corrected chi connectivity index (χ1v) is 3.96.